The van der Waals surface area contributed by atoms with Gasteiger partial charge in [-0.3, -0.25) is 9.10 Å². The van der Waals surface area contributed by atoms with Crippen LogP contribution in [0.3, 0.4) is 0 Å². The van der Waals surface area contributed by atoms with Gasteiger partial charge in [0.1, 0.15) is 12.4 Å². The Bertz CT molecular complexity index is 879. The van der Waals surface area contributed by atoms with E-state index in [9.17, 15) is 17.6 Å². The largest absolute Gasteiger partial charge is 0.271 e. The number of amides is 1. The quantitative estimate of drug-likeness (QED) is 0.633. The molecule has 0 fully saturated rings. The van der Waals surface area contributed by atoms with Crippen LogP contribution in [0.1, 0.15) is 13.8 Å². The van der Waals surface area contributed by atoms with Crippen LogP contribution in [0.2, 0.25) is 0 Å². The van der Waals surface area contributed by atoms with Gasteiger partial charge in [-0.15, -0.1) is 0 Å². The highest BCUT2D eigenvalue weighted by Gasteiger charge is 2.28. The van der Waals surface area contributed by atoms with Gasteiger partial charge in [-0.1, -0.05) is 30.3 Å². The van der Waals surface area contributed by atoms with Crippen LogP contribution in [-0.2, 0) is 14.8 Å². The molecule has 0 aliphatic heterocycles. The second kappa shape index (κ2) is 7.89. The number of sulfonamides is 1. The molecule has 0 unspecified atom stereocenters. The molecule has 0 heterocycles. The lowest BCUT2D eigenvalue weighted by Gasteiger charge is -2.24. The molecule has 2 rings (SSSR count). The van der Waals surface area contributed by atoms with Crippen molar-refractivity contribution in [3.8, 4) is 0 Å². The number of hydrogen-bond acceptors (Lipinski definition) is 4. The fourth-order valence-corrected chi connectivity index (χ4v) is 3.46. The first-order valence-corrected chi connectivity index (χ1v) is 8.88. The Hall–Kier alpha value is -2.74. The molecule has 0 aromatic heterocycles. The van der Waals surface area contributed by atoms with E-state index in [1.807, 2.05) is 0 Å². The van der Waals surface area contributed by atoms with E-state index in [1.165, 1.54) is 30.3 Å². The van der Waals surface area contributed by atoms with Crippen LogP contribution in [0.5, 0.6) is 0 Å². The molecule has 1 N–H and O–H groups in total. The number of hydrazone groups is 1. The maximum atomic E-state index is 14.2. The summed E-state index contributed by atoms with van der Waals surface area (Å²) in [6, 6.07) is 12.9. The predicted molar refractivity (Wildman–Crippen MR) is 94.3 cm³/mol. The highest BCUT2D eigenvalue weighted by Crippen LogP contribution is 2.25. The summed E-state index contributed by atoms with van der Waals surface area (Å²) in [5.74, 6) is -1.42. The van der Waals surface area contributed by atoms with Gasteiger partial charge in [-0.25, -0.2) is 18.2 Å². The summed E-state index contributed by atoms with van der Waals surface area (Å²) in [7, 11) is -4.13. The molecule has 0 aliphatic carbocycles. The molecular weight excluding hydrogens is 345 g/mol. The van der Waals surface area contributed by atoms with Crippen molar-refractivity contribution in [3.63, 3.8) is 0 Å². The lowest BCUT2D eigenvalue weighted by molar-refractivity contribution is -0.119. The number of carbonyl (C=O) groups is 1. The Morgan fingerprint density at radius 3 is 2.28 bits per heavy atom. The molecule has 0 saturated heterocycles. The zero-order valence-corrected chi connectivity index (χ0v) is 14.6. The lowest BCUT2D eigenvalue weighted by Crippen LogP contribution is -2.40. The summed E-state index contributed by atoms with van der Waals surface area (Å²) in [5, 5.41) is 3.75. The van der Waals surface area contributed by atoms with Crippen LogP contribution in [0.25, 0.3) is 0 Å². The van der Waals surface area contributed by atoms with Crippen LogP contribution >= 0.6 is 0 Å². The Morgan fingerprint density at radius 2 is 1.68 bits per heavy atom. The number of nitrogens with zero attached hydrogens (tertiary/aromatic N) is 2. The molecule has 8 heteroatoms. The van der Waals surface area contributed by atoms with E-state index in [0.717, 1.165) is 10.4 Å². The van der Waals surface area contributed by atoms with Gasteiger partial charge in [-0.05, 0) is 38.1 Å². The number of benzene rings is 2. The first-order chi connectivity index (χ1) is 11.8. The van der Waals surface area contributed by atoms with E-state index >= 15 is 0 Å². The molecule has 0 spiro atoms. The summed E-state index contributed by atoms with van der Waals surface area (Å²) in [6.07, 6.45) is 0. The highest BCUT2D eigenvalue weighted by atomic mass is 32.2. The summed E-state index contributed by atoms with van der Waals surface area (Å²) in [4.78, 5) is 12.0. The molecule has 25 heavy (non-hydrogen) atoms. The van der Waals surface area contributed by atoms with Gasteiger partial charge in [0.2, 0.25) is 0 Å². The van der Waals surface area contributed by atoms with Crippen LogP contribution in [0.15, 0.2) is 64.6 Å². The minimum absolute atomic E-state index is 0.0405. The molecular formula is C17H18FN3O3S. The summed E-state index contributed by atoms with van der Waals surface area (Å²) >= 11 is 0. The molecule has 132 valence electrons. The van der Waals surface area contributed by atoms with Crippen molar-refractivity contribution in [2.75, 3.05) is 10.8 Å². The van der Waals surface area contributed by atoms with Crippen molar-refractivity contribution in [1.82, 2.24) is 5.43 Å². The minimum atomic E-state index is -4.13. The standard InChI is InChI=1S/C17H18FN3O3S/c1-13(2)19-20-17(22)12-21(16-11-7-6-10-15(16)18)25(23,24)14-8-4-3-5-9-14/h3-11H,12H2,1-2H3,(H,20,22). The number of carbonyl (C=O) groups excluding carboxylic acids is 1. The molecule has 0 aliphatic rings. The van der Waals surface area contributed by atoms with Crippen molar-refractivity contribution >= 4 is 27.3 Å². The fourth-order valence-electron chi connectivity index (χ4n) is 2.01. The Morgan fingerprint density at radius 1 is 1.08 bits per heavy atom. The Balaban J connectivity index is 2.45. The number of halogens is 1. The van der Waals surface area contributed by atoms with Gasteiger partial charge >= 0.3 is 0 Å². The number of hydrogen-bond donors (Lipinski definition) is 1. The third kappa shape index (κ3) is 4.63. The lowest BCUT2D eigenvalue weighted by atomic mass is 10.3. The summed E-state index contributed by atoms with van der Waals surface area (Å²) in [6.45, 7) is 2.75. The molecule has 1 amide bonds. The molecule has 0 atom stereocenters. The van der Waals surface area contributed by atoms with Crippen molar-refractivity contribution in [1.29, 1.82) is 0 Å². The fraction of sp³-hybridized carbons (Fsp3) is 0.176. The predicted octanol–water partition coefficient (Wildman–Crippen LogP) is 2.53. The number of para-hydroxylation sites is 1. The summed E-state index contributed by atoms with van der Waals surface area (Å²) < 4.78 is 40.7. The zero-order valence-electron chi connectivity index (χ0n) is 13.8. The van der Waals surface area contributed by atoms with Crippen LogP contribution in [0, 0.1) is 5.82 Å². The average Bonchev–Trinajstić information content (AvgIpc) is 2.59. The number of anilines is 1. The van der Waals surface area contributed by atoms with Crippen LogP contribution < -0.4 is 9.73 Å². The number of rotatable bonds is 6. The van der Waals surface area contributed by atoms with Crippen molar-refractivity contribution in [2.24, 2.45) is 5.10 Å². The summed E-state index contributed by atoms with van der Waals surface area (Å²) in [5.41, 5.74) is 2.63. The second-order valence-corrected chi connectivity index (χ2v) is 7.23. The highest BCUT2D eigenvalue weighted by molar-refractivity contribution is 7.92. The number of nitrogens with one attached hydrogen (secondary N) is 1. The van der Waals surface area contributed by atoms with Crippen molar-refractivity contribution in [3.05, 3.63) is 60.4 Å². The normalized spacial score (nSPS) is 10.8. The average molecular weight is 363 g/mol. The molecule has 2 aromatic carbocycles. The van der Waals surface area contributed by atoms with Gasteiger partial charge in [0, 0.05) is 5.71 Å². The first-order valence-electron chi connectivity index (χ1n) is 7.44. The third-order valence-electron chi connectivity index (χ3n) is 3.14. The zero-order chi connectivity index (χ0) is 18.4. The Labute approximate surface area is 146 Å². The maximum Gasteiger partial charge on any atom is 0.264 e. The molecule has 6 nitrogen and oxygen atoms in total. The van der Waals surface area contributed by atoms with Gasteiger partial charge in [0.15, 0.2) is 0 Å². The van der Waals surface area contributed by atoms with E-state index in [-0.39, 0.29) is 10.6 Å². The monoisotopic (exact) mass is 363 g/mol. The topological polar surface area (TPSA) is 78.8 Å². The van der Waals surface area contributed by atoms with Gasteiger partial charge < -0.3 is 0 Å². The molecule has 0 bridgehead atoms. The third-order valence-corrected chi connectivity index (χ3v) is 4.92. The van der Waals surface area contributed by atoms with E-state index < -0.39 is 28.3 Å². The Kier molecular flexibility index (Phi) is 5.87. The minimum Gasteiger partial charge on any atom is -0.271 e. The molecule has 0 saturated carbocycles. The van der Waals surface area contributed by atoms with Crippen molar-refractivity contribution in [2.45, 2.75) is 18.7 Å². The van der Waals surface area contributed by atoms with Crippen LogP contribution in [-0.4, -0.2) is 26.6 Å². The smallest absolute Gasteiger partial charge is 0.264 e. The SMILES string of the molecule is CC(C)=NNC(=O)CN(c1ccccc1F)S(=O)(=O)c1ccccc1. The molecule has 0 radical (unpaired) electrons. The molecule has 2 aromatic rings. The van der Waals surface area contributed by atoms with E-state index in [0.29, 0.717) is 5.71 Å². The van der Waals surface area contributed by atoms with Gasteiger partial charge in [-0.2, -0.15) is 5.10 Å². The first kappa shape index (κ1) is 18.6. The van der Waals surface area contributed by atoms with E-state index in [1.54, 1.807) is 32.0 Å². The van der Waals surface area contributed by atoms with Gasteiger partial charge in [0.25, 0.3) is 15.9 Å². The maximum absolute atomic E-state index is 14.2. The second-order valence-electron chi connectivity index (χ2n) is 5.37. The van der Waals surface area contributed by atoms with Gasteiger partial charge in [0.05, 0.1) is 10.6 Å². The van der Waals surface area contributed by atoms with Crippen LogP contribution in [0.4, 0.5) is 10.1 Å². The van der Waals surface area contributed by atoms with E-state index in [4.69, 9.17) is 0 Å². The van der Waals surface area contributed by atoms with E-state index in [2.05, 4.69) is 10.5 Å². The van der Waals surface area contributed by atoms with Crippen molar-refractivity contribution < 1.29 is 17.6 Å².